The van der Waals surface area contributed by atoms with Crippen LogP contribution in [0, 0.1) is 0 Å². The lowest BCUT2D eigenvalue weighted by atomic mass is 10.0. The highest BCUT2D eigenvalue weighted by molar-refractivity contribution is 6.29. The molecule has 2 aliphatic heterocycles. The van der Waals surface area contributed by atoms with Crippen molar-refractivity contribution in [3.8, 4) is 0 Å². The fourth-order valence-electron chi connectivity index (χ4n) is 1.66. The lowest BCUT2D eigenvalue weighted by Gasteiger charge is -2.18. The average Bonchev–Trinajstić information content (AvgIpc) is 2.13. The van der Waals surface area contributed by atoms with E-state index >= 15 is 0 Å². The molecule has 0 unspecified atom stereocenters. The quantitative estimate of drug-likeness (QED) is 0.472. The van der Waals surface area contributed by atoms with Crippen LogP contribution in [0.4, 0.5) is 4.79 Å². The molecule has 0 aromatic carbocycles. The van der Waals surface area contributed by atoms with Gasteiger partial charge < -0.3 is 4.74 Å². The molecule has 0 bridgehead atoms. The molecular weight excluding hydrogens is 224 g/mol. The van der Waals surface area contributed by atoms with Crippen LogP contribution < -0.4 is 10.6 Å². The van der Waals surface area contributed by atoms with Crippen LogP contribution in [0.15, 0.2) is 34.8 Å². The zero-order chi connectivity index (χ0) is 12.6. The van der Waals surface area contributed by atoms with E-state index in [1.807, 2.05) is 10.6 Å². The van der Waals surface area contributed by atoms with Crippen LogP contribution in [-0.2, 0) is 14.3 Å². The molecule has 0 spiro atoms. The Morgan fingerprint density at radius 2 is 1.41 bits per heavy atom. The second-order valence-corrected chi connectivity index (χ2v) is 3.68. The molecule has 2 heterocycles. The third-order valence-corrected chi connectivity index (χ3v) is 2.24. The van der Waals surface area contributed by atoms with Crippen LogP contribution in [0.2, 0.25) is 0 Å². The number of carbonyl (C=O) groups excluding carboxylic acids is 3. The third-order valence-electron chi connectivity index (χ3n) is 2.24. The third kappa shape index (κ3) is 2.10. The van der Waals surface area contributed by atoms with Crippen LogP contribution in [0.5, 0.6) is 0 Å². The van der Waals surface area contributed by atoms with Gasteiger partial charge in [-0.05, 0) is 31.6 Å². The molecule has 2 aliphatic rings. The van der Waals surface area contributed by atoms with Crippen LogP contribution in [0.1, 0.15) is 13.8 Å². The Morgan fingerprint density at radius 3 is 1.88 bits per heavy atom. The van der Waals surface area contributed by atoms with E-state index in [2.05, 4.69) is 0 Å². The molecule has 1 saturated heterocycles. The predicted molar refractivity (Wildman–Crippen MR) is 57.3 cm³/mol. The van der Waals surface area contributed by atoms with Crippen LogP contribution in [0.3, 0.4) is 0 Å². The van der Waals surface area contributed by atoms with E-state index in [1.165, 1.54) is 0 Å². The van der Waals surface area contributed by atoms with E-state index in [-0.39, 0.29) is 5.57 Å². The summed E-state index contributed by atoms with van der Waals surface area (Å²) in [6.07, 6.45) is 3.13. The maximum Gasteiger partial charge on any atom is 0.328 e. The van der Waals surface area contributed by atoms with Gasteiger partial charge in [-0.15, -0.1) is 0 Å². The van der Waals surface area contributed by atoms with Gasteiger partial charge in [-0.1, -0.05) is 0 Å². The van der Waals surface area contributed by atoms with E-state index < -0.39 is 17.8 Å². The highest BCUT2D eigenvalue weighted by atomic mass is 16.5. The second kappa shape index (κ2) is 3.89. The molecule has 0 aliphatic carbocycles. The van der Waals surface area contributed by atoms with Gasteiger partial charge in [0, 0.05) is 0 Å². The van der Waals surface area contributed by atoms with E-state index in [9.17, 15) is 14.4 Å². The standard InChI is InChI=1S/C11H10N2O4/c1-5-3-7(4-6(2)17-5)8-9(14)12-11(16)13-10(8)15/h3-4H,1-2H3,(H2,12,13,14,15,16). The number of nitrogens with one attached hydrogen (secondary N) is 2. The van der Waals surface area contributed by atoms with Gasteiger partial charge in [0.2, 0.25) is 0 Å². The summed E-state index contributed by atoms with van der Waals surface area (Å²) in [7, 11) is 0. The molecule has 0 aromatic rings. The van der Waals surface area contributed by atoms with Crippen molar-refractivity contribution in [2.24, 2.45) is 0 Å². The van der Waals surface area contributed by atoms with Crippen molar-refractivity contribution in [3.05, 3.63) is 34.8 Å². The van der Waals surface area contributed by atoms with Crippen molar-refractivity contribution < 1.29 is 19.1 Å². The van der Waals surface area contributed by atoms with Gasteiger partial charge in [-0.25, -0.2) is 4.79 Å². The summed E-state index contributed by atoms with van der Waals surface area (Å²) in [6, 6.07) is -0.808. The second-order valence-electron chi connectivity index (χ2n) is 3.68. The monoisotopic (exact) mass is 234 g/mol. The van der Waals surface area contributed by atoms with Gasteiger partial charge in [0.05, 0.1) is 0 Å². The first-order chi connectivity index (χ1) is 7.97. The molecule has 1 fully saturated rings. The summed E-state index contributed by atoms with van der Waals surface area (Å²) in [6.45, 7) is 3.42. The van der Waals surface area contributed by atoms with Gasteiger partial charge >= 0.3 is 6.03 Å². The highest BCUT2D eigenvalue weighted by Gasteiger charge is 2.30. The lowest BCUT2D eigenvalue weighted by molar-refractivity contribution is -0.124. The van der Waals surface area contributed by atoms with E-state index in [1.54, 1.807) is 26.0 Å². The first-order valence-corrected chi connectivity index (χ1v) is 4.93. The predicted octanol–water partition coefficient (Wildman–Crippen LogP) is 0.487. The minimum Gasteiger partial charge on any atom is -0.467 e. The van der Waals surface area contributed by atoms with Crippen molar-refractivity contribution in [1.82, 2.24) is 10.6 Å². The summed E-state index contributed by atoms with van der Waals surface area (Å²) in [5.41, 5.74) is 0.334. The van der Waals surface area contributed by atoms with Gasteiger partial charge in [0.25, 0.3) is 11.8 Å². The number of hydrogen-bond acceptors (Lipinski definition) is 4. The number of imide groups is 2. The number of barbiturate groups is 1. The van der Waals surface area contributed by atoms with Crippen molar-refractivity contribution in [2.45, 2.75) is 13.8 Å². The Morgan fingerprint density at radius 1 is 0.941 bits per heavy atom. The minimum atomic E-state index is -0.808. The molecular formula is C11H10N2O4. The first kappa shape index (κ1) is 11.1. The number of hydrogen-bond donors (Lipinski definition) is 2. The Labute approximate surface area is 97.0 Å². The fourth-order valence-corrected chi connectivity index (χ4v) is 1.66. The van der Waals surface area contributed by atoms with Crippen LogP contribution in [0.25, 0.3) is 0 Å². The van der Waals surface area contributed by atoms with E-state index in [4.69, 9.17) is 4.74 Å². The largest absolute Gasteiger partial charge is 0.467 e. The number of urea groups is 1. The van der Waals surface area contributed by atoms with Crippen LogP contribution in [-0.4, -0.2) is 17.8 Å². The summed E-state index contributed by atoms with van der Waals surface area (Å²) < 4.78 is 5.26. The highest BCUT2D eigenvalue weighted by Crippen LogP contribution is 2.22. The summed E-state index contributed by atoms with van der Waals surface area (Å²) in [4.78, 5) is 34.1. The van der Waals surface area contributed by atoms with Gasteiger partial charge in [0.15, 0.2) is 0 Å². The Kier molecular flexibility index (Phi) is 2.55. The molecule has 6 nitrogen and oxygen atoms in total. The first-order valence-electron chi connectivity index (χ1n) is 4.93. The normalized spacial score (nSPS) is 20.2. The minimum absolute atomic E-state index is 0.0911. The number of amides is 4. The topological polar surface area (TPSA) is 84.5 Å². The van der Waals surface area contributed by atoms with Gasteiger partial charge in [-0.3, -0.25) is 20.2 Å². The molecule has 0 atom stereocenters. The lowest BCUT2D eigenvalue weighted by Crippen LogP contribution is -2.51. The zero-order valence-corrected chi connectivity index (χ0v) is 9.29. The van der Waals surface area contributed by atoms with Crippen molar-refractivity contribution in [3.63, 3.8) is 0 Å². The number of ether oxygens (including phenoxy) is 1. The SMILES string of the molecule is CC1=CC(=C2C(=O)NC(=O)NC2=O)C=C(C)O1. The maximum atomic E-state index is 11.6. The van der Waals surface area contributed by atoms with Crippen LogP contribution >= 0.6 is 0 Å². The molecule has 2 N–H and O–H groups in total. The van der Waals surface area contributed by atoms with E-state index in [0.29, 0.717) is 17.1 Å². The molecule has 2 rings (SSSR count). The van der Waals surface area contributed by atoms with Crippen molar-refractivity contribution >= 4 is 17.8 Å². The average molecular weight is 234 g/mol. The molecule has 17 heavy (non-hydrogen) atoms. The maximum absolute atomic E-state index is 11.6. The summed E-state index contributed by atoms with van der Waals surface area (Å²) >= 11 is 0. The molecule has 88 valence electrons. The van der Waals surface area contributed by atoms with Gasteiger partial charge in [0.1, 0.15) is 17.1 Å². The molecule has 0 radical (unpaired) electrons. The Bertz CT molecular complexity index is 484. The number of rotatable bonds is 0. The fraction of sp³-hybridized carbons (Fsp3) is 0.182. The summed E-state index contributed by atoms with van der Waals surface area (Å²) in [5.74, 6) is -0.262. The summed E-state index contributed by atoms with van der Waals surface area (Å²) in [5, 5.41) is 4.04. The molecule has 6 heteroatoms. The van der Waals surface area contributed by atoms with Gasteiger partial charge in [-0.2, -0.15) is 0 Å². The molecule has 4 amide bonds. The number of carbonyl (C=O) groups is 3. The Hall–Kier alpha value is -2.37. The van der Waals surface area contributed by atoms with Crippen molar-refractivity contribution in [2.75, 3.05) is 0 Å². The van der Waals surface area contributed by atoms with E-state index in [0.717, 1.165) is 0 Å². The number of allylic oxidation sites excluding steroid dienone is 5. The molecule has 0 saturated carbocycles. The zero-order valence-electron chi connectivity index (χ0n) is 9.29. The van der Waals surface area contributed by atoms with Crippen molar-refractivity contribution in [1.29, 1.82) is 0 Å². The smallest absolute Gasteiger partial charge is 0.328 e. The Balaban J connectivity index is 2.50. The molecule has 0 aromatic heterocycles.